The molecule has 0 heterocycles. The average Bonchev–Trinajstić information content (AvgIpc) is 2.26. The Balaban J connectivity index is 2.94. The van der Waals surface area contributed by atoms with Gasteiger partial charge in [0.1, 0.15) is 4.75 Å². The zero-order chi connectivity index (χ0) is 14.8. The predicted molar refractivity (Wildman–Crippen MR) is 77.3 cm³/mol. The van der Waals surface area contributed by atoms with E-state index in [1.807, 2.05) is 40.7 Å². The lowest BCUT2D eigenvalue weighted by Gasteiger charge is -2.26. The Labute approximate surface area is 116 Å². The van der Waals surface area contributed by atoms with E-state index in [1.165, 1.54) is 12.1 Å². The number of hydrogen-bond acceptors (Lipinski definition) is 4. The van der Waals surface area contributed by atoms with Gasteiger partial charge in [0.15, 0.2) is 0 Å². The van der Waals surface area contributed by atoms with Crippen molar-refractivity contribution in [2.45, 2.75) is 45.4 Å². The molecular weight excluding hydrogens is 264 g/mol. The molecule has 0 aliphatic carbocycles. The largest absolute Gasteiger partial charge is 0.598 e. The SMILES string of the molecule is Cc1cc([C@H](C)N[S+]([O-])C(C)(C)C)cc([N+](=O)[O-])c1. The summed E-state index contributed by atoms with van der Waals surface area (Å²) in [6, 6.07) is 4.70. The quantitative estimate of drug-likeness (QED) is 0.523. The molecule has 0 amide bonds. The number of nitro groups is 1. The van der Waals surface area contributed by atoms with Crippen molar-refractivity contribution >= 4 is 17.0 Å². The topological polar surface area (TPSA) is 78.2 Å². The van der Waals surface area contributed by atoms with Gasteiger partial charge in [0.2, 0.25) is 0 Å². The van der Waals surface area contributed by atoms with Gasteiger partial charge in [-0.1, -0.05) is 6.07 Å². The van der Waals surface area contributed by atoms with Crippen LogP contribution in [0.15, 0.2) is 18.2 Å². The van der Waals surface area contributed by atoms with Crippen LogP contribution < -0.4 is 4.72 Å². The summed E-state index contributed by atoms with van der Waals surface area (Å²) >= 11 is -1.21. The monoisotopic (exact) mass is 284 g/mol. The van der Waals surface area contributed by atoms with Gasteiger partial charge in [0.25, 0.3) is 5.69 Å². The van der Waals surface area contributed by atoms with Crippen LogP contribution in [-0.2, 0) is 11.4 Å². The fraction of sp³-hybridized carbons (Fsp3) is 0.538. The molecule has 0 saturated carbocycles. The first kappa shape index (κ1) is 15.9. The van der Waals surface area contributed by atoms with Crippen molar-refractivity contribution in [3.8, 4) is 0 Å². The number of hydrogen-bond donors (Lipinski definition) is 1. The van der Waals surface area contributed by atoms with E-state index in [4.69, 9.17) is 0 Å². The van der Waals surface area contributed by atoms with E-state index < -0.39 is 16.3 Å². The van der Waals surface area contributed by atoms with Crippen molar-refractivity contribution in [1.29, 1.82) is 0 Å². The highest BCUT2D eigenvalue weighted by Crippen LogP contribution is 2.24. The molecule has 1 aromatic carbocycles. The molecule has 0 spiro atoms. The van der Waals surface area contributed by atoms with E-state index in [1.54, 1.807) is 0 Å². The molecule has 2 atom stereocenters. The molecule has 0 radical (unpaired) electrons. The highest BCUT2D eigenvalue weighted by Gasteiger charge is 2.28. The maximum Gasteiger partial charge on any atom is 0.270 e. The molecule has 0 aliphatic heterocycles. The highest BCUT2D eigenvalue weighted by atomic mass is 32.2. The Kier molecular flexibility index (Phi) is 4.95. The molecule has 1 aromatic rings. The number of aryl methyl sites for hydroxylation is 1. The second-order valence-corrected chi connectivity index (χ2v) is 7.58. The third-order valence-electron chi connectivity index (χ3n) is 2.64. The van der Waals surface area contributed by atoms with Crippen LogP contribution in [0, 0.1) is 17.0 Å². The van der Waals surface area contributed by atoms with Crippen LogP contribution in [0.5, 0.6) is 0 Å². The molecule has 0 fully saturated rings. The van der Waals surface area contributed by atoms with Gasteiger partial charge >= 0.3 is 0 Å². The summed E-state index contributed by atoms with van der Waals surface area (Å²) in [5, 5.41) is 10.8. The van der Waals surface area contributed by atoms with Crippen molar-refractivity contribution in [3.63, 3.8) is 0 Å². The Morgan fingerprint density at radius 2 is 1.89 bits per heavy atom. The Morgan fingerprint density at radius 1 is 1.32 bits per heavy atom. The van der Waals surface area contributed by atoms with Crippen molar-refractivity contribution in [3.05, 3.63) is 39.4 Å². The zero-order valence-corrected chi connectivity index (χ0v) is 12.7. The fourth-order valence-corrected chi connectivity index (χ4v) is 2.36. The second-order valence-electron chi connectivity index (χ2n) is 5.58. The molecule has 6 heteroatoms. The van der Waals surface area contributed by atoms with E-state index in [0.717, 1.165) is 11.1 Å². The van der Waals surface area contributed by atoms with E-state index in [-0.39, 0.29) is 16.5 Å². The first-order valence-corrected chi connectivity index (χ1v) is 7.20. The third kappa shape index (κ3) is 4.49. The van der Waals surface area contributed by atoms with Crippen LogP contribution in [-0.4, -0.2) is 14.2 Å². The summed E-state index contributed by atoms with van der Waals surface area (Å²) < 4.78 is 14.6. The van der Waals surface area contributed by atoms with Crippen LogP contribution in [0.25, 0.3) is 0 Å². The number of nitrogens with one attached hydrogen (secondary N) is 1. The molecule has 5 nitrogen and oxygen atoms in total. The van der Waals surface area contributed by atoms with Crippen molar-refractivity contribution in [2.24, 2.45) is 0 Å². The molecule has 106 valence electrons. The van der Waals surface area contributed by atoms with Gasteiger partial charge in [0.05, 0.1) is 11.0 Å². The summed E-state index contributed by atoms with van der Waals surface area (Å²) in [6.07, 6.45) is 0. The van der Waals surface area contributed by atoms with E-state index in [2.05, 4.69) is 4.72 Å². The van der Waals surface area contributed by atoms with Gasteiger partial charge in [0, 0.05) is 23.5 Å². The van der Waals surface area contributed by atoms with Crippen LogP contribution in [0.1, 0.15) is 44.9 Å². The maximum absolute atomic E-state index is 12.0. The second kappa shape index (κ2) is 5.90. The standard InChI is InChI=1S/C13H20N2O3S/c1-9-6-11(8-12(7-9)15(16)17)10(2)14-19(18)13(3,4)5/h6-8,10,14H,1-5H3/t10-,19?/m0/s1. The molecule has 0 bridgehead atoms. The lowest BCUT2D eigenvalue weighted by Crippen LogP contribution is -2.40. The van der Waals surface area contributed by atoms with Gasteiger partial charge in [-0.3, -0.25) is 10.1 Å². The van der Waals surface area contributed by atoms with Crippen molar-refractivity contribution < 1.29 is 9.48 Å². The molecule has 19 heavy (non-hydrogen) atoms. The van der Waals surface area contributed by atoms with E-state index in [9.17, 15) is 14.7 Å². The lowest BCUT2D eigenvalue weighted by atomic mass is 10.1. The Bertz CT molecular complexity index is 471. The normalized spacial score (nSPS) is 15.1. The minimum atomic E-state index is -1.21. The Morgan fingerprint density at radius 3 is 2.37 bits per heavy atom. The minimum absolute atomic E-state index is 0.0604. The summed E-state index contributed by atoms with van der Waals surface area (Å²) in [7, 11) is 0. The van der Waals surface area contributed by atoms with Gasteiger partial charge in [-0.15, -0.1) is 4.72 Å². The van der Waals surface area contributed by atoms with Crippen molar-refractivity contribution in [2.75, 3.05) is 0 Å². The van der Waals surface area contributed by atoms with E-state index in [0.29, 0.717) is 0 Å². The predicted octanol–water partition coefficient (Wildman–Crippen LogP) is 3.02. The number of nitrogens with zero attached hydrogens (tertiary/aromatic N) is 1. The first-order valence-electron chi connectivity index (χ1n) is 6.05. The molecule has 0 saturated heterocycles. The van der Waals surface area contributed by atoms with Gasteiger partial charge in [-0.2, -0.15) is 0 Å². The summed E-state index contributed by atoms with van der Waals surface area (Å²) in [5.74, 6) is 0. The number of rotatable bonds is 4. The first-order chi connectivity index (χ1) is 8.61. The molecule has 0 aromatic heterocycles. The Hall–Kier alpha value is -1.11. The van der Waals surface area contributed by atoms with Crippen LogP contribution in [0.4, 0.5) is 5.69 Å². The number of nitro benzene ring substituents is 1. The summed E-state index contributed by atoms with van der Waals surface area (Å²) in [5.41, 5.74) is 1.65. The number of benzene rings is 1. The molecule has 1 unspecified atom stereocenters. The fourth-order valence-electron chi connectivity index (χ4n) is 1.55. The van der Waals surface area contributed by atoms with E-state index >= 15 is 0 Å². The smallest absolute Gasteiger partial charge is 0.270 e. The minimum Gasteiger partial charge on any atom is -0.598 e. The number of non-ortho nitro benzene ring substituents is 1. The van der Waals surface area contributed by atoms with Gasteiger partial charge in [-0.05, 0) is 45.7 Å². The summed E-state index contributed by atoms with van der Waals surface area (Å²) in [4.78, 5) is 10.4. The maximum atomic E-state index is 12.0. The molecule has 1 rings (SSSR count). The van der Waals surface area contributed by atoms with Gasteiger partial charge in [-0.25, -0.2) is 0 Å². The van der Waals surface area contributed by atoms with Gasteiger partial charge < -0.3 is 4.55 Å². The van der Waals surface area contributed by atoms with Crippen molar-refractivity contribution in [1.82, 2.24) is 4.72 Å². The van der Waals surface area contributed by atoms with Crippen LogP contribution in [0.2, 0.25) is 0 Å². The average molecular weight is 284 g/mol. The summed E-state index contributed by atoms with van der Waals surface area (Å²) in [6.45, 7) is 9.29. The molecular formula is C13H20N2O3S. The third-order valence-corrected chi connectivity index (χ3v) is 4.32. The zero-order valence-electron chi connectivity index (χ0n) is 11.9. The lowest BCUT2D eigenvalue weighted by molar-refractivity contribution is -0.385. The van der Waals surface area contributed by atoms with Crippen LogP contribution >= 0.6 is 0 Å². The van der Waals surface area contributed by atoms with Crippen LogP contribution in [0.3, 0.4) is 0 Å². The molecule has 1 N–H and O–H groups in total. The molecule has 0 aliphatic rings. The highest BCUT2D eigenvalue weighted by molar-refractivity contribution is 7.90.